The van der Waals surface area contributed by atoms with Gasteiger partial charge in [0.2, 0.25) is 0 Å². The normalized spacial score (nSPS) is 11.8. The summed E-state index contributed by atoms with van der Waals surface area (Å²) < 4.78 is 0.620. The highest BCUT2D eigenvalue weighted by molar-refractivity contribution is 6.06. The van der Waals surface area contributed by atoms with Crippen LogP contribution in [0.25, 0.3) is 0 Å². The molecule has 0 heterocycles. The number of halogens is 1. The number of aryl methyl sites for hydroxylation is 1. The Bertz CT molecular complexity index is 439. The van der Waals surface area contributed by atoms with Crippen LogP contribution in [0.2, 0.25) is 0 Å². The Kier molecular flexibility index (Phi) is 12.3. The number of nitrogens with zero attached hydrogens (tertiary/aromatic N) is 1. The first kappa shape index (κ1) is 22.5. The molecule has 0 fully saturated rings. The minimum absolute atomic E-state index is 0.620. The first-order valence-corrected chi connectivity index (χ1v) is 11.1. The van der Waals surface area contributed by atoms with Crippen molar-refractivity contribution in [2.75, 3.05) is 13.1 Å². The van der Waals surface area contributed by atoms with E-state index in [1.165, 1.54) is 81.8 Å². The van der Waals surface area contributed by atoms with Crippen LogP contribution in [0.1, 0.15) is 96.1 Å². The van der Waals surface area contributed by atoms with Gasteiger partial charge in [-0.2, -0.15) is 0 Å². The van der Waals surface area contributed by atoms with Crippen molar-refractivity contribution in [2.24, 2.45) is 0 Å². The fourth-order valence-corrected chi connectivity index (χ4v) is 3.64. The van der Waals surface area contributed by atoms with Gasteiger partial charge < -0.3 is 0 Å². The number of hydrogen-bond acceptors (Lipinski definition) is 0. The zero-order valence-corrected chi connectivity index (χ0v) is 17.8. The molecule has 0 saturated heterocycles. The summed E-state index contributed by atoms with van der Waals surface area (Å²) in [6.07, 6.45) is 15.2. The minimum atomic E-state index is 0.620. The van der Waals surface area contributed by atoms with E-state index >= 15 is 0 Å². The van der Waals surface area contributed by atoms with E-state index in [2.05, 4.69) is 45.0 Å². The third kappa shape index (κ3) is 9.66. The third-order valence-electron chi connectivity index (χ3n) is 5.51. The summed E-state index contributed by atoms with van der Waals surface area (Å²) in [6.45, 7) is 9.55. The fourth-order valence-electron chi connectivity index (χ4n) is 3.51. The van der Waals surface area contributed by atoms with Gasteiger partial charge in [0, 0.05) is 5.56 Å². The Morgan fingerprint density at radius 3 is 1.68 bits per heavy atom. The highest BCUT2D eigenvalue weighted by Gasteiger charge is 2.22. The van der Waals surface area contributed by atoms with E-state index in [1.54, 1.807) is 0 Å². The molecule has 2 heteroatoms. The van der Waals surface area contributed by atoms with Crippen LogP contribution in [0.3, 0.4) is 0 Å². The summed E-state index contributed by atoms with van der Waals surface area (Å²) in [7, 11) is 0. The number of rotatable bonds is 15. The van der Waals surface area contributed by atoms with Crippen molar-refractivity contribution in [2.45, 2.75) is 97.9 Å². The summed E-state index contributed by atoms with van der Waals surface area (Å²) in [5.74, 6) is 0. The molecular formula is C23H41ClN+. The molecule has 144 valence electrons. The van der Waals surface area contributed by atoms with Gasteiger partial charge in [0.1, 0.15) is 6.54 Å². The van der Waals surface area contributed by atoms with E-state index < -0.39 is 0 Å². The Morgan fingerprint density at radius 2 is 1.16 bits per heavy atom. The van der Waals surface area contributed by atoms with Crippen LogP contribution in [0.5, 0.6) is 0 Å². The maximum Gasteiger partial charge on any atom is 0.165 e. The number of unbranched alkanes of at least 4 members (excludes halogenated alkanes) is 9. The minimum Gasteiger partial charge on any atom is -0.219 e. The van der Waals surface area contributed by atoms with E-state index in [-0.39, 0.29) is 0 Å². The van der Waals surface area contributed by atoms with E-state index in [0.717, 1.165) is 19.6 Å². The van der Waals surface area contributed by atoms with Crippen LogP contribution in [-0.4, -0.2) is 17.1 Å². The molecule has 0 unspecified atom stereocenters. The van der Waals surface area contributed by atoms with Crippen LogP contribution in [-0.2, 0) is 13.0 Å². The number of quaternary nitrogens is 1. The maximum atomic E-state index is 6.72. The molecule has 0 aliphatic carbocycles. The Hall–Kier alpha value is -0.530. The number of hydrogen-bond donors (Lipinski definition) is 0. The standard InChI is InChI=1S/C23H41ClN/c1-4-7-8-9-10-11-12-13-14-15-18-22-19-16-17-20-23(22)21-25(24,5-2)6-3/h16-17,19-20H,4-15,18,21H2,1-3H3/q+1. The topological polar surface area (TPSA) is 0 Å². The van der Waals surface area contributed by atoms with Crippen molar-refractivity contribution in [1.82, 2.24) is 0 Å². The molecule has 0 atom stereocenters. The molecular weight excluding hydrogens is 326 g/mol. The SMILES string of the molecule is CCCCCCCCCCCCc1ccccc1C[N+](Cl)(CC)CC. The van der Waals surface area contributed by atoms with Crippen molar-refractivity contribution in [3.8, 4) is 0 Å². The molecule has 1 aromatic carbocycles. The predicted molar refractivity (Wildman–Crippen MR) is 113 cm³/mol. The molecule has 25 heavy (non-hydrogen) atoms. The molecule has 0 aliphatic rings. The highest BCUT2D eigenvalue weighted by Crippen LogP contribution is 2.22. The lowest BCUT2D eigenvalue weighted by molar-refractivity contribution is -0.825. The summed E-state index contributed by atoms with van der Waals surface area (Å²) in [5, 5.41) is 0. The van der Waals surface area contributed by atoms with Crippen LogP contribution < -0.4 is 0 Å². The summed E-state index contributed by atoms with van der Waals surface area (Å²) >= 11 is 6.72. The van der Waals surface area contributed by atoms with Crippen molar-refractivity contribution >= 4 is 11.8 Å². The smallest absolute Gasteiger partial charge is 0.165 e. The lowest BCUT2D eigenvalue weighted by Crippen LogP contribution is -2.37. The summed E-state index contributed by atoms with van der Waals surface area (Å²) in [6, 6.07) is 8.90. The monoisotopic (exact) mass is 366 g/mol. The Morgan fingerprint density at radius 1 is 0.680 bits per heavy atom. The quantitative estimate of drug-likeness (QED) is 0.221. The largest absolute Gasteiger partial charge is 0.219 e. The average molecular weight is 367 g/mol. The Labute approximate surface area is 162 Å². The van der Waals surface area contributed by atoms with Crippen molar-refractivity contribution in [1.29, 1.82) is 0 Å². The lowest BCUT2D eigenvalue weighted by atomic mass is 9.99. The molecule has 0 amide bonds. The molecule has 0 radical (unpaired) electrons. The first-order valence-electron chi connectivity index (χ1n) is 10.8. The molecule has 0 aromatic heterocycles. The molecule has 0 saturated carbocycles. The third-order valence-corrected chi connectivity index (χ3v) is 6.10. The Balaban J connectivity index is 2.25. The van der Waals surface area contributed by atoms with Crippen LogP contribution >= 0.6 is 11.8 Å². The summed E-state index contributed by atoms with van der Waals surface area (Å²) in [4.78, 5) is 0. The van der Waals surface area contributed by atoms with Crippen molar-refractivity contribution in [3.05, 3.63) is 35.4 Å². The predicted octanol–water partition coefficient (Wildman–Crippen LogP) is 7.66. The number of benzene rings is 1. The zero-order valence-electron chi connectivity index (χ0n) is 17.0. The maximum absolute atomic E-state index is 6.72. The van der Waals surface area contributed by atoms with Crippen LogP contribution in [0.15, 0.2) is 24.3 Å². The van der Waals surface area contributed by atoms with Gasteiger partial charge in [-0.3, -0.25) is 0 Å². The molecule has 0 aliphatic heterocycles. The van der Waals surface area contributed by atoms with Gasteiger partial charge in [-0.1, -0.05) is 89.0 Å². The van der Waals surface area contributed by atoms with E-state index in [4.69, 9.17) is 11.8 Å². The molecule has 0 N–H and O–H groups in total. The second-order valence-electron chi connectivity index (χ2n) is 7.52. The van der Waals surface area contributed by atoms with Gasteiger partial charge >= 0.3 is 0 Å². The lowest BCUT2D eigenvalue weighted by Gasteiger charge is -2.27. The van der Waals surface area contributed by atoms with Gasteiger partial charge in [-0.05, 0) is 32.3 Å². The first-order chi connectivity index (χ1) is 12.1. The van der Waals surface area contributed by atoms with Gasteiger partial charge in [0.25, 0.3) is 0 Å². The van der Waals surface area contributed by atoms with Crippen LogP contribution in [0, 0.1) is 0 Å². The molecule has 1 aromatic rings. The zero-order chi connectivity index (χ0) is 18.4. The second kappa shape index (κ2) is 13.6. The van der Waals surface area contributed by atoms with Gasteiger partial charge in [0.05, 0.1) is 13.1 Å². The summed E-state index contributed by atoms with van der Waals surface area (Å²) in [5.41, 5.74) is 2.95. The molecule has 1 nitrogen and oxygen atoms in total. The molecule has 0 bridgehead atoms. The average Bonchev–Trinajstić information content (AvgIpc) is 2.64. The van der Waals surface area contributed by atoms with Gasteiger partial charge in [-0.15, -0.1) is 0 Å². The van der Waals surface area contributed by atoms with Crippen LogP contribution in [0.4, 0.5) is 0 Å². The van der Waals surface area contributed by atoms with Gasteiger partial charge in [-0.25, -0.2) is 4.00 Å². The highest BCUT2D eigenvalue weighted by atomic mass is 35.5. The molecule has 0 spiro atoms. The fraction of sp³-hybridized carbons (Fsp3) is 0.739. The van der Waals surface area contributed by atoms with Gasteiger partial charge in [0.15, 0.2) is 11.8 Å². The van der Waals surface area contributed by atoms with E-state index in [9.17, 15) is 0 Å². The van der Waals surface area contributed by atoms with Crippen molar-refractivity contribution in [3.63, 3.8) is 0 Å². The van der Waals surface area contributed by atoms with Crippen molar-refractivity contribution < 1.29 is 4.00 Å². The molecule has 1 rings (SSSR count). The van der Waals surface area contributed by atoms with E-state index in [1.807, 2.05) is 0 Å². The van der Waals surface area contributed by atoms with E-state index in [0.29, 0.717) is 4.00 Å². The second-order valence-corrected chi connectivity index (χ2v) is 8.24.